The van der Waals surface area contributed by atoms with Gasteiger partial charge in [0.25, 0.3) is 5.91 Å². The summed E-state index contributed by atoms with van der Waals surface area (Å²) in [4.78, 5) is 32.8. The third kappa shape index (κ3) is 4.62. The molecule has 1 amide bonds. The maximum atomic E-state index is 15.3. The first-order chi connectivity index (χ1) is 16.9. The molecule has 8 heteroatoms. The van der Waals surface area contributed by atoms with Crippen molar-refractivity contribution in [3.8, 4) is 0 Å². The van der Waals surface area contributed by atoms with Crippen molar-refractivity contribution >= 4 is 33.9 Å². The smallest absolute Gasteiger partial charge is 0.261 e. The average molecular weight is 478 g/mol. The highest BCUT2D eigenvalue weighted by atomic mass is 19.1. The fourth-order valence-corrected chi connectivity index (χ4v) is 4.76. The zero-order chi connectivity index (χ0) is 24.7. The second-order valence-corrected chi connectivity index (χ2v) is 9.65. The summed E-state index contributed by atoms with van der Waals surface area (Å²) in [5.74, 6) is -0.900. The van der Waals surface area contributed by atoms with Gasteiger partial charge in [0.2, 0.25) is 5.43 Å². The molecule has 1 aliphatic carbocycles. The number of hydrogen-bond donors (Lipinski definition) is 1. The molecule has 1 saturated heterocycles. The monoisotopic (exact) mass is 477 g/mol. The fourth-order valence-electron chi connectivity index (χ4n) is 4.76. The Bertz CT molecular complexity index is 1310. The number of amides is 1. The van der Waals surface area contributed by atoms with Crippen molar-refractivity contribution < 1.29 is 9.18 Å². The van der Waals surface area contributed by atoms with Crippen molar-refractivity contribution in [2.45, 2.75) is 25.8 Å². The number of pyridine rings is 1. The van der Waals surface area contributed by atoms with Crippen LogP contribution in [0.25, 0.3) is 10.9 Å². The van der Waals surface area contributed by atoms with E-state index < -0.39 is 17.2 Å². The molecule has 35 heavy (non-hydrogen) atoms. The molecule has 2 heterocycles. The fraction of sp³-hybridized carbons (Fsp3) is 0.407. The minimum Gasteiger partial charge on any atom is -0.378 e. The lowest BCUT2D eigenvalue weighted by Crippen LogP contribution is -2.46. The molecule has 0 radical (unpaired) electrons. The third-order valence-corrected chi connectivity index (χ3v) is 7.09. The van der Waals surface area contributed by atoms with Crippen molar-refractivity contribution in [1.82, 2.24) is 9.47 Å². The first-order valence-corrected chi connectivity index (χ1v) is 12.3. The van der Waals surface area contributed by atoms with E-state index in [2.05, 4.69) is 22.0 Å². The minimum atomic E-state index is -0.482. The van der Waals surface area contributed by atoms with Crippen LogP contribution in [-0.4, -0.2) is 62.2 Å². The Morgan fingerprint density at radius 3 is 2.37 bits per heavy atom. The Kier molecular flexibility index (Phi) is 6.23. The number of fused-ring (bicyclic) bond motifs is 1. The van der Waals surface area contributed by atoms with Crippen molar-refractivity contribution in [2.24, 2.45) is 0 Å². The Labute approximate surface area is 204 Å². The van der Waals surface area contributed by atoms with Gasteiger partial charge in [-0.25, -0.2) is 4.39 Å². The van der Waals surface area contributed by atoms with Crippen molar-refractivity contribution in [1.29, 1.82) is 0 Å². The van der Waals surface area contributed by atoms with Crippen LogP contribution in [0.2, 0.25) is 0 Å². The summed E-state index contributed by atoms with van der Waals surface area (Å²) < 4.78 is 17.3. The van der Waals surface area contributed by atoms with E-state index >= 15 is 4.39 Å². The summed E-state index contributed by atoms with van der Waals surface area (Å²) in [6, 6.07) is 10.7. The molecule has 0 bridgehead atoms. The number of anilines is 3. The van der Waals surface area contributed by atoms with Crippen LogP contribution in [0.4, 0.5) is 21.5 Å². The van der Waals surface area contributed by atoms with Crippen LogP contribution in [0.15, 0.2) is 47.4 Å². The topological polar surface area (TPSA) is 60.8 Å². The Morgan fingerprint density at radius 2 is 1.77 bits per heavy atom. The number of carbonyl (C=O) groups excluding carboxylic acids is 1. The molecule has 0 spiro atoms. The normalized spacial score (nSPS) is 16.5. The molecule has 1 aliphatic heterocycles. The molecule has 0 unspecified atom stereocenters. The number of piperazine rings is 1. The second-order valence-electron chi connectivity index (χ2n) is 9.65. The SMILES string of the molecule is CCN1CCN(c2cc3c(cc2F)c(=O)c(C(=O)Nc2ccc(N(C)C)cc2)cn3C2CC2)CC1. The quantitative estimate of drug-likeness (QED) is 0.583. The molecule has 184 valence electrons. The van der Waals surface area contributed by atoms with Gasteiger partial charge in [0.05, 0.1) is 11.2 Å². The molecule has 3 aromatic rings. The largest absolute Gasteiger partial charge is 0.378 e. The summed E-state index contributed by atoms with van der Waals surface area (Å²) in [6.45, 7) is 6.39. The number of nitrogens with zero attached hydrogens (tertiary/aromatic N) is 4. The van der Waals surface area contributed by atoms with Gasteiger partial charge in [-0.05, 0) is 55.8 Å². The van der Waals surface area contributed by atoms with Gasteiger partial charge in [0, 0.05) is 69.3 Å². The van der Waals surface area contributed by atoms with Gasteiger partial charge in [-0.1, -0.05) is 6.92 Å². The van der Waals surface area contributed by atoms with Crippen molar-refractivity contribution in [3.63, 3.8) is 0 Å². The summed E-state index contributed by atoms with van der Waals surface area (Å²) in [5.41, 5.74) is 2.42. The predicted octanol–water partition coefficient (Wildman–Crippen LogP) is 3.94. The van der Waals surface area contributed by atoms with Crippen LogP contribution in [-0.2, 0) is 0 Å². The van der Waals surface area contributed by atoms with Crippen LogP contribution < -0.4 is 20.5 Å². The number of aromatic nitrogens is 1. The van der Waals surface area contributed by atoms with E-state index in [1.807, 2.05) is 35.7 Å². The van der Waals surface area contributed by atoms with Crippen LogP contribution >= 0.6 is 0 Å². The summed E-state index contributed by atoms with van der Waals surface area (Å²) >= 11 is 0. The highest BCUT2D eigenvalue weighted by molar-refractivity contribution is 6.06. The molecular formula is C27H32FN5O2. The minimum absolute atomic E-state index is 0.0322. The van der Waals surface area contributed by atoms with E-state index in [4.69, 9.17) is 0 Å². The molecule has 2 fully saturated rings. The number of hydrogen-bond acceptors (Lipinski definition) is 5. The number of carbonyl (C=O) groups is 1. The maximum absolute atomic E-state index is 15.3. The van der Waals surface area contributed by atoms with Crippen LogP contribution in [0.1, 0.15) is 36.2 Å². The lowest BCUT2D eigenvalue weighted by molar-refractivity contribution is 0.102. The third-order valence-electron chi connectivity index (χ3n) is 7.09. The van der Waals surface area contributed by atoms with Crippen LogP contribution in [0.3, 0.4) is 0 Å². The van der Waals surface area contributed by atoms with E-state index in [1.165, 1.54) is 6.07 Å². The molecule has 1 N–H and O–H groups in total. The van der Waals surface area contributed by atoms with E-state index in [0.717, 1.165) is 51.3 Å². The predicted molar refractivity (Wildman–Crippen MR) is 139 cm³/mol. The van der Waals surface area contributed by atoms with E-state index in [1.54, 1.807) is 24.4 Å². The first kappa shape index (κ1) is 23.4. The van der Waals surface area contributed by atoms with E-state index in [-0.39, 0.29) is 17.0 Å². The van der Waals surface area contributed by atoms with Gasteiger partial charge in [-0.2, -0.15) is 0 Å². The average Bonchev–Trinajstić information content (AvgIpc) is 3.70. The number of likely N-dealkylation sites (N-methyl/N-ethyl adjacent to an activating group) is 1. The molecule has 2 aliphatic rings. The molecule has 5 rings (SSSR count). The summed E-state index contributed by atoms with van der Waals surface area (Å²) in [5, 5.41) is 3.08. The van der Waals surface area contributed by atoms with Gasteiger partial charge in [-0.15, -0.1) is 0 Å². The number of benzene rings is 2. The van der Waals surface area contributed by atoms with Crippen LogP contribution in [0, 0.1) is 5.82 Å². The van der Waals surface area contributed by atoms with Gasteiger partial charge in [-0.3, -0.25) is 9.59 Å². The zero-order valence-corrected chi connectivity index (χ0v) is 20.6. The molecular weight excluding hydrogens is 445 g/mol. The number of halogens is 1. The van der Waals surface area contributed by atoms with E-state index in [0.29, 0.717) is 16.9 Å². The standard InChI is InChI=1S/C27H32FN5O2/c1-4-31-11-13-32(14-12-31)25-16-24-21(15-23(25)28)26(34)22(17-33(24)20-9-10-20)27(35)29-18-5-7-19(8-6-18)30(2)3/h5-8,15-17,20H,4,9-14H2,1-3H3,(H,29,35). The highest BCUT2D eigenvalue weighted by Crippen LogP contribution is 2.38. The molecule has 0 atom stereocenters. The lowest BCUT2D eigenvalue weighted by atomic mass is 10.1. The lowest BCUT2D eigenvalue weighted by Gasteiger charge is -2.35. The van der Waals surface area contributed by atoms with E-state index in [9.17, 15) is 9.59 Å². The van der Waals surface area contributed by atoms with Gasteiger partial charge < -0.3 is 24.6 Å². The van der Waals surface area contributed by atoms with Crippen LogP contribution in [0.5, 0.6) is 0 Å². The summed E-state index contributed by atoms with van der Waals surface area (Å²) in [6.07, 6.45) is 3.61. The first-order valence-electron chi connectivity index (χ1n) is 12.3. The van der Waals surface area contributed by atoms with Crippen molar-refractivity contribution in [3.05, 3.63) is 64.2 Å². The Morgan fingerprint density at radius 1 is 1.09 bits per heavy atom. The van der Waals surface area contributed by atoms with Gasteiger partial charge in [0.15, 0.2) is 0 Å². The molecule has 1 saturated carbocycles. The highest BCUT2D eigenvalue weighted by Gasteiger charge is 2.28. The summed E-state index contributed by atoms with van der Waals surface area (Å²) in [7, 11) is 3.89. The Balaban J connectivity index is 1.50. The van der Waals surface area contributed by atoms with Crippen molar-refractivity contribution in [2.75, 3.05) is 61.9 Å². The zero-order valence-electron chi connectivity index (χ0n) is 20.6. The number of rotatable bonds is 6. The van der Waals surface area contributed by atoms with Gasteiger partial charge in [0.1, 0.15) is 11.4 Å². The molecule has 2 aromatic carbocycles. The second kappa shape index (κ2) is 9.34. The maximum Gasteiger partial charge on any atom is 0.261 e. The molecule has 1 aromatic heterocycles. The van der Waals surface area contributed by atoms with Gasteiger partial charge >= 0.3 is 0 Å². The number of nitrogens with one attached hydrogen (secondary N) is 1. The Hall–Kier alpha value is -3.39. The molecule has 7 nitrogen and oxygen atoms in total.